The Labute approximate surface area is 113 Å². The number of rotatable bonds is 4. The van der Waals surface area contributed by atoms with E-state index < -0.39 is 0 Å². The zero-order valence-corrected chi connectivity index (χ0v) is 11.5. The molecule has 0 fully saturated rings. The molecule has 0 amide bonds. The topological polar surface area (TPSA) is 42.4 Å². The van der Waals surface area contributed by atoms with Crippen molar-refractivity contribution in [3.05, 3.63) is 36.0 Å². The van der Waals surface area contributed by atoms with Gasteiger partial charge in [-0.05, 0) is 26.0 Å². The Morgan fingerprint density at radius 3 is 2.84 bits per heavy atom. The summed E-state index contributed by atoms with van der Waals surface area (Å²) in [4.78, 5) is 18.0. The highest BCUT2D eigenvalue weighted by atomic mass is 16.5. The minimum atomic E-state index is -0.219. The van der Waals surface area contributed by atoms with Crippen LogP contribution in [0.15, 0.2) is 30.3 Å². The van der Waals surface area contributed by atoms with Gasteiger partial charge in [-0.25, -0.2) is 0 Å². The van der Waals surface area contributed by atoms with Crippen LogP contribution in [0.2, 0.25) is 0 Å². The molecule has 0 atom stereocenters. The van der Waals surface area contributed by atoms with Crippen LogP contribution in [0.5, 0.6) is 0 Å². The second kappa shape index (κ2) is 5.69. The number of carbonyl (C=O) groups excluding carboxylic acids is 1. The minimum absolute atomic E-state index is 0.219. The first-order valence-corrected chi connectivity index (χ1v) is 6.35. The number of aromatic nitrogens is 1. The van der Waals surface area contributed by atoms with Crippen molar-refractivity contribution in [2.75, 3.05) is 25.1 Å². The van der Waals surface area contributed by atoms with Gasteiger partial charge in [0.2, 0.25) is 0 Å². The lowest BCUT2D eigenvalue weighted by atomic mass is 10.1. The van der Waals surface area contributed by atoms with E-state index in [4.69, 9.17) is 4.74 Å². The molecule has 1 aromatic heterocycles. The van der Waals surface area contributed by atoms with E-state index in [1.165, 1.54) is 0 Å². The maximum absolute atomic E-state index is 11.6. The number of pyridine rings is 1. The molecule has 1 aromatic carbocycles. The Hall–Kier alpha value is -2.10. The third-order valence-electron chi connectivity index (χ3n) is 2.91. The predicted octanol–water partition coefficient (Wildman–Crippen LogP) is 2.54. The maximum Gasteiger partial charge on any atom is 0.325 e. The fourth-order valence-corrected chi connectivity index (χ4v) is 2.09. The molecule has 0 saturated heterocycles. The van der Waals surface area contributed by atoms with Crippen LogP contribution in [-0.2, 0) is 9.53 Å². The number of para-hydroxylation sites is 1. The molecule has 0 aliphatic rings. The van der Waals surface area contributed by atoms with Gasteiger partial charge in [-0.2, -0.15) is 0 Å². The van der Waals surface area contributed by atoms with E-state index in [1.54, 1.807) is 0 Å². The summed E-state index contributed by atoms with van der Waals surface area (Å²) in [5.74, 6) is -0.219. The van der Waals surface area contributed by atoms with Crippen molar-refractivity contribution in [3.63, 3.8) is 0 Å². The highest BCUT2D eigenvalue weighted by Gasteiger charge is 2.12. The number of hydrogen-bond donors (Lipinski definition) is 0. The second-order valence-corrected chi connectivity index (χ2v) is 4.46. The molecule has 0 aliphatic heterocycles. The van der Waals surface area contributed by atoms with Crippen molar-refractivity contribution < 1.29 is 9.53 Å². The monoisotopic (exact) mass is 258 g/mol. The fourth-order valence-electron chi connectivity index (χ4n) is 2.09. The number of ether oxygens (including phenoxy) is 1. The zero-order valence-electron chi connectivity index (χ0n) is 11.5. The SMILES string of the molecule is CCOC(=O)CN(C)c1cc(C)nc2ccccc12. The van der Waals surface area contributed by atoms with Crippen molar-refractivity contribution >= 4 is 22.6 Å². The van der Waals surface area contributed by atoms with Crippen molar-refractivity contribution in [3.8, 4) is 0 Å². The van der Waals surface area contributed by atoms with Gasteiger partial charge in [-0.15, -0.1) is 0 Å². The van der Waals surface area contributed by atoms with Gasteiger partial charge in [0.15, 0.2) is 0 Å². The number of hydrogen-bond acceptors (Lipinski definition) is 4. The summed E-state index contributed by atoms with van der Waals surface area (Å²) in [6, 6.07) is 9.91. The number of nitrogens with zero attached hydrogens (tertiary/aromatic N) is 2. The van der Waals surface area contributed by atoms with Crippen LogP contribution in [0.3, 0.4) is 0 Å². The van der Waals surface area contributed by atoms with Crippen LogP contribution in [0.4, 0.5) is 5.69 Å². The fraction of sp³-hybridized carbons (Fsp3) is 0.333. The molecule has 0 aliphatic carbocycles. The molecule has 0 spiro atoms. The summed E-state index contributed by atoms with van der Waals surface area (Å²) >= 11 is 0. The zero-order chi connectivity index (χ0) is 13.8. The van der Waals surface area contributed by atoms with Gasteiger partial charge in [0.05, 0.1) is 12.1 Å². The van der Waals surface area contributed by atoms with E-state index in [-0.39, 0.29) is 12.5 Å². The lowest BCUT2D eigenvalue weighted by Gasteiger charge is -2.20. The third kappa shape index (κ3) is 3.02. The Morgan fingerprint density at radius 1 is 1.37 bits per heavy atom. The van der Waals surface area contributed by atoms with Gasteiger partial charge in [-0.3, -0.25) is 9.78 Å². The highest BCUT2D eigenvalue weighted by molar-refractivity contribution is 5.93. The van der Waals surface area contributed by atoms with Gasteiger partial charge in [0, 0.05) is 23.8 Å². The molecule has 2 aromatic rings. The summed E-state index contributed by atoms with van der Waals surface area (Å²) in [6.07, 6.45) is 0. The van der Waals surface area contributed by atoms with E-state index in [2.05, 4.69) is 4.98 Å². The minimum Gasteiger partial charge on any atom is -0.465 e. The van der Waals surface area contributed by atoms with Crippen LogP contribution >= 0.6 is 0 Å². The van der Waals surface area contributed by atoms with Gasteiger partial charge in [-0.1, -0.05) is 18.2 Å². The molecule has 100 valence electrons. The van der Waals surface area contributed by atoms with E-state index in [0.717, 1.165) is 22.3 Å². The largest absolute Gasteiger partial charge is 0.465 e. The average molecular weight is 258 g/mol. The standard InChI is InChI=1S/C15H18N2O2/c1-4-19-15(18)10-17(3)14-9-11(2)16-13-8-6-5-7-12(13)14/h5-9H,4,10H2,1-3H3. The molecular formula is C15H18N2O2. The molecule has 1 heterocycles. The Kier molecular flexibility index (Phi) is 4.00. The number of benzene rings is 1. The van der Waals surface area contributed by atoms with E-state index >= 15 is 0 Å². The first-order valence-electron chi connectivity index (χ1n) is 6.35. The molecule has 0 saturated carbocycles. The summed E-state index contributed by atoms with van der Waals surface area (Å²) in [5, 5.41) is 1.04. The molecule has 4 nitrogen and oxygen atoms in total. The molecule has 0 bridgehead atoms. The number of carbonyl (C=O) groups is 1. The van der Waals surface area contributed by atoms with Gasteiger partial charge in [0.25, 0.3) is 0 Å². The van der Waals surface area contributed by atoms with Crippen LogP contribution in [0.25, 0.3) is 10.9 Å². The van der Waals surface area contributed by atoms with Crippen molar-refractivity contribution in [2.45, 2.75) is 13.8 Å². The quantitative estimate of drug-likeness (QED) is 0.790. The number of fused-ring (bicyclic) bond motifs is 1. The lowest BCUT2D eigenvalue weighted by molar-refractivity contribution is -0.141. The summed E-state index contributed by atoms with van der Waals surface area (Å²) in [7, 11) is 1.89. The highest BCUT2D eigenvalue weighted by Crippen LogP contribution is 2.25. The summed E-state index contributed by atoms with van der Waals surface area (Å²) in [6.45, 7) is 4.40. The van der Waals surface area contributed by atoms with E-state index in [0.29, 0.717) is 6.61 Å². The Bertz CT molecular complexity index is 596. The normalized spacial score (nSPS) is 10.5. The first-order chi connectivity index (χ1) is 9.11. The Morgan fingerprint density at radius 2 is 2.11 bits per heavy atom. The van der Waals surface area contributed by atoms with Crippen LogP contribution < -0.4 is 4.90 Å². The lowest BCUT2D eigenvalue weighted by Crippen LogP contribution is -2.27. The molecule has 0 radical (unpaired) electrons. The first kappa shape index (κ1) is 13.3. The average Bonchev–Trinajstić information content (AvgIpc) is 2.37. The molecule has 2 rings (SSSR count). The predicted molar refractivity (Wildman–Crippen MR) is 76.4 cm³/mol. The van der Waals surface area contributed by atoms with E-state index in [1.807, 2.05) is 56.1 Å². The summed E-state index contributed by atoms with van der Waals surface area (Å²) in [5.41, 5.74) is 2.87. The van der Waals surface area contributed by atoms with Crippen LogP contribution in [0, 0.1) is 6.92 Å². The van der Waals surface area contributed by atoms with Crippen molar-refractivity contribution in [2.24, 2.45) is 0 Å². The number of aryl methyl sites for hydroxylation is 1. The maximum atomic E-state index is 11.6. The van der Waals surface area contributed by atoms with Crippen molar-refractivity contribution in [1.29, 1.82) is 0 Å². The molecule has 0 N–H and O–H groups in total. The number of anilines is 1. The molecule has 0 unspecified atom stereocenters. The third-order valence-corrected chi connectivity index (χ3v) is 2.91. The number of esters is 1. The van der Waals surface area contributed by atoms with Gasteiger partial charge < -0.3 is 9.64 Å². The molecule has 19 heavy (non-hydrogen) atoms. The van der Waals surface area contributed by atoms with Crippen LogP contribution in [-0.4, -0.2) is 31.2 Å². The Balaban J connectivity index is 2.35. The van der Waals surface area contributed by atoms with Gasteiger partial charge in [0.1, 0.15) is 6.54 Å². The van der Waals surface area contributed by atoms with E-state index in [9.17, 15) is 4.79 Å². The van der Waals surface area contributed by atoms with Gasteiger partial charge >= 0.3 is 5.97 Å². The molecule has 4 heteroatoms. The second-order valence-electron chi connectivity index (χ2n) is 4.46. The smallest absolute Gasteiger partial charge is 0.325 e. The van der Waals surface area contributed by atoms with Crippen molar-refractivity contribution in [1.82, 2.24) is 4.98 Å². The molecular weight excluding hydrogens is 240 g/mol. The number of likely N-dealkylation sites (N-methyl/N-ethyl adjacent to an activating group) is 1. The summed E-state index contributed by atoms with van der Waals surface area (Å²) < 4.78 is 4.98. The van der Waals surface area contributed by atoms with Crippen LogP contribution in [0.1, 0.15) is 12.6 Å².